The second-order valence-electron chi connectivity index (χ2n) is 6.45. The molecule has 0 fully saturated rings. The number of esters is 1. The van der Waals surface area contributed by atoms with Gasteiger partial charge in [0.15, 0.2) is 0 Å². The minimum Gasteiger partial charge on any atom is -0.469 e. The van der Waals surface area contributed by atoms with Crippen molar-refractivity contribution in [1.29, 1.82) is 0 Å². The molecule has 0 aliphatic rings. The SMILES string of the molecule is CCCCC(CC)CC(O)(C=C(CC)C(O)CC(=O)OC)CC. The highest BCUT2D eigenvalue weighted by atomic mass is 16.5. The van der Waals surface area contributed by atoms with Crippen LogP contribution in [0.3, 0.4) is 0 Å². The molecule has 0 heterocycles. The van der Waals surface area contributed by atoms with Gasteiger partial charge in [0, 0.05) is 0 Å². The van der Waals surface area contributed by atoms with E-state index in [9.17, 15) is 15.0 Å². The second kappa shape index (κ2) is 11.6. The molecule has 0 aliphatic heterocycles. The van der Waals surface area contributed by atoms with Crippen LogP contribution in [0.4, 0.5) is 0 Å². The Kier molecular flexibility index (Phi) is 11.2. The summed E-state index contributed by atoms with van der Waals surface area (Å²) in [7, 11) is 1.31. The van der Waals surface area contributed by atoms with Gasteiger partial charge in [0.1, 0.15) is 0 Å². The van der Waals surface area contributed by atoms with Crippen LogP contribution in [0, 0.1) is 5.92 Å². The molecular formula is C19H36O4. The van der Waals surface area contributed by atoms with Gasteiger partial charge in [-0.05, 0) is 30.8 Å². The summed E-state index contributed by atoms with van der Waals surface area (Å²) in [6.45, 7) is 8.23. The van der Waals surface area contributed by atoms with Crippen molar-refractivity contribution in [2.24, 2.45) is 5.92 Å². The molecule has 0 aromatic rings. The third kappa shape index (κ3) is 8.52. The summed E-state index contributed by atoms with van der Waals surface area (Å²) in [6.07, 6.45) is 7.24. The molecule has 0 saturated carbocycles. The maximum absolute atomic E-state index is 11.3. The van der Waals surface area contributed by atoms with E-state index in [1.807, 2.05) is 13.8 Å². The van der Waals surface area contributed by atoms with Crippen LogP contribution in [0.15, 0.2) is 11.6 Å². The van der Waals surface area contributed by atoms with Crippen molar-refractivity contribution in [3.05, 3.63) is 11.6 Å². The summed E-state index contributed by atoms with van der Waals surface area (Å²) in [6, 6.07) is 0. The number of hydrogen-bond donors (Lipinski definition) is 2. The van der Waals surface area contributed by atoms with E-state index in [0.717, 1.165) is 19.3 Å². The average molecular weight is 328 g/mol. The van der Waals surface area contributed by atoms with E-state index in [2.05, 4.69) is 18.6 Å². The third-order valence-corrected chi connectivity index (χ3v) is 4.68. The van der Waals surface area contributed by atoms with Crippen molar-refractivity contribution >= 4 is 5.97 Å². The summed E-state index contributed by atoms with van der Waals surface area (Å²) < 4.78 is 4.61. The molecule has 0 spiro atoms. The Labute approximate surface area is 141 Å². The molecule has 0 radical (unpaired) electrons. The minimum atomic E-state index is -0.920. The van der Waals surface area contributed by atoms with Crippen molar-refractivity contribution in [3.63, 3.8) is 0 Å². The Morgan fingerprint density at radius 2 is 1.91 bits per heavy atom. The highest BCUT2D eigenvalue weighted by Gasteiger charge is 2.28. The minimum absolute atomic E-state index is 0.0665. The first-order valence-corrected chi connectivity index (χ1v) is 9.04. The number of carbonyl (C=O) groups is 1. The van der Waals surface area contributed by atoms with Crippen molar-refractivity contribution < 1.29 is 19.7 Å². The number of rotatable bonds is 12. The van der Waals surface area contributed by atoms with E-state index >= 15 is 0 Å². The summed E-state index contributed by atoms with van der Waals surface area (Å²) >= 11 is 0. The van der Waals surface area contributed by atoms with Gasteiger partial charge < -0.3 is 14.9 Å². The molecule has 0 aromatic heterocycles. The molecular weight excluding hydrogens is 292 g/mol. The summed E-state index contributed by atoms with van der Waals surface area (Å²) in [4.78, 5) is 11.3. The van der Waals surface area contributed by atoms with Gasteiger partial charge in [-0.1, -0.05) is 59.5 Å². The Balaban J connectivity index is 5.08. The average Bonchev–Trinajstić information content (AvgIpc) is 2.56. The van der Waals surface area contributed by atoms with E-state index in [-0.39, 0.29) is 6.42 Å². The molecule has 0 saturated heterocycles. The quantitative estimate of drug-likeness (QED) is 0.420. The molecule has 4 heteroatoms. The fraction of sp³-hybridized carbons (Fsp3) is 0.842. The lowest BCUT2D eigenvalue weighted by molar-refractivity contribution is -0.142. The molecule has 136 valence electrons. The van der Waals surface area contributed by atoms with Crippen molar-refractivity contribution in [1.82, 2.24) is 0 Å². The predicted octanol–water partition coefficient (Wildman–Crippen LogP) is 3.99. The predicted molar refractivity (Wildman–Crippen MR) is 94.2 cm³/mol. The fourth-order valence-electron chi connectivity index (χ4n) is 2.90. The van der Waals surface area contributed by atoms with Crippen molar-refractivity contribution in [2.45, 2.75) is 90.8 Å². The van der Waals surface area contributed by atoms with Crippen LogP contribution in [-0.4, -0.2) is 35.0 Å². The maximum Gasteiger partial charge on any atom is 0.308 e. The van der Waals surface area contributed by atoms with Crippen LogP contribution in [0.1, 0.15) is 79.1 Å². The molecule has 0 rings (SSSR count). The lowest BCUT2D eigenvalue weighted by atomic mass is 9.82. The molecule has 0 aromatic carbocycles. The summed E-state index contributed by atoms with van der Waals surface area (Å²) in [5, 5.41) is 21.2. The molecule has 3 atom stereocenters. The van der Waals surface area contributed by atoms with Gasteiger partial charge in [-0.2, -0.15) is 0 Å². The first-order valence-electron chi connectivity index (χ1n) is 9.04. The Bertz CT molecular complexity index is 364. The standard InChI is InChI=1S/C19H36O4/c1-6-10-11-15(7-2)13-19(22,9-4)14-16(8-3)17(20)12-18(21)23-5/h14-15,17,20,22H,6-13H2,1-5H3. The molecule has 0 amide bonds. The molecule has 0 bridgehead atoms. The lowest BCUT2D eigenvalue weighted by Crippen LogP contribution is -2.30. The van der Waals surface area contributed by atoms with Crippen LogP contribution in [-0.2, 0) is 9.53 Å². The fourth-order valence-corrected chi connectivity index (χ4v) is 2.90. The molecule has 23 heavy (non-hydrogen) atoms. The van der Waals surface area contributed by atoms with Crippen LogP contribution >= 0.6 is 0 Å². The third-order valence-electron chi connectivity index (χ3n) is 4.68. The lowest BCUT2D eigenvalue weighted by Gasteiger charge is -2.30. The topological polar surface area (TPSA) is 66.8 Å². The number of methoxy groups -OCH3 is 1. The van der Waals surface area contributed by atoms with E-state index in [1.165, 1.54) is 13.5 Å². The number of aliphatic hydroxyl groups is 2. The number of hydrogen-bond acceptors (Lipinski definition) is 4. The first-order chi connectivity index (χ1) is 10.9. The number of unbranched alkanes of at least 4 members (excludes halogenated alkanes) is 1. The maximum atomic E-state index is 11.3. The molecule has 0 aliphatic carbocycles. The molecule has 4 nitrogen and oxygen atoms in total. The van der Waals surface area contributed by atoms with Gasteiger partial charge in [-0.25, -0.2) is 0 Å². The zero-order valence-corrected chi connectivity index (χ0v) is 15.6. The Morgan fingerprint density at radius 1 is 1.26 bits per heavy atom. The van der Waals surface area contributed by atoms with E-state index in [0.29, 0.717) is 30.8 Å². The Morgan fingerprint density at radius 3 is 2.35 bits per heavy atom. The highest BCUT2D eigenvalue weighted by molar-refractivity contribution is 5.70. The summed E-state index contributed by atoms with van der Waals surface area (Å²) in [5.41, 5.74) is -0.207. The van der Waals surface area contributed by atoms with Crippen LogP contribution in [0.2, 0.25) is 0 Å². The van der Waals surface area contributed by atoms with Gasteiger partial charge >= 0.3 is 5.97 Å². The van der Waals surface area contributed by atoms with Crippen LogP contribution in [0.5, 0.6) is 0 Å². The second-order valence-corrected chi connectivity index (χ2v) is 6.45. The normalized spacial score (nSPS) is 17.4. The van der Waals surface area contributed by atoms with Crippen molar-refractivity contribution in [2.75, 3.05) is 7.11 Å². The van der Waals surface area contributed by atoms with E-state index in [4.69, 9.17) is 0 Å². The zero-order chi connectivity index (χ0) is 17.9. The summed E-state index contributed by atoms with van der Waals surface area (Å²) in [5.74, 6) is 0.0401. The number of carbonyl (C=O) groups excluding carboxylic acids is 1. The zero-order valence-electron chi connectivity index (χ0n) is 15.6. The number of ether oxygens (including phenoxy) is 1. The van der Waals surface area contributed by atoms with Gasteiger partial charge in [-0.15, -0.1) is 0 Å². The smallest absolute Gasteiger partial charge is 0.308 e. The van der Waals surface area contributed by atoms with Crippen LogP contribution < -0.4 is 0 Å². The molecule has 3 unspecified atom stereocenters. The molecule has 2 N–H and O–H groups in total. The van der Waals surface area contributed by atoms with Crippen molar-refractivity contribution in [3.8, 4) is 0 Å². The first kappa shape index (κ1) is 22.1. The number of aliphatic hydroxyl groups excluding tert-OH is 1. The van der Waals surface area contributed by atoms with Gasteiger partial charge in [-0.3, -0.25) is 4.79 Å². The highest BCUT2D eigenvalue weighted by Crippen LogP contribution is 2.30. The monoisotopic (exact) mass is 328 g/mol. The van der Waals surface area contributed by atoms with E-state index in [1.54, 1.807) is 6.08 Å². The van der Waals surface area contributed by atoms with Gasteiger partial charge in [0.2, 0.25) is 0 Å². The van der Waals surface area contributed by atoms with Crippen LogP contribution in [0.25, 0.3) is 0 Å². The van der Waals surface area contributed by atoms with Gasteiger partial charge in [0.05, 0.1) is 25.2 Å². The van der Waals surface area contributed by atoms with E-state index < -0.39 is 17.7 Å². The van der Waals surface area contributed by atoms with Gasteiger partial charge in [0.25, 0.3) is 0 Å². The Hall–Kier alpha value is -0.870. The largest absolute Gasteiger partial charge is 0.469 e.